The lowest BCUT2D eigenvalue weighted by Gasteiger charge is -2.31. The van der Waals surface area contributed by atoms with Crippen LogP contribution in [0.25, 0.3) is 11.1 Å². The minimum absolute atomic E-state index is 0.214. The molecule has 0 aliphatic heterocycles. The highest BCUT2D eigenvalue weighted by atomic mass is 16.7. The summed E-state index contributed by atoms with van der Waals surface area (Å²) in [5.74, 6) is -1.21. The van der Waals surface area contributed by atoms with Gasteiger partial charge in [0.2, 0.25) is 11.6 Å². The molecule has 0 spiro atoms. The molecule has 1 atom stereocenters. The van der Waals surface area contributed by atoms with Crippen LogP contribution in [0.5, 0.6) is 0 Å². The molecule has 1 unspecified atom stereocenters. The van der Waals surface area contributed by atoms with Crippen LogP contribution in [0.3, 0.4) is 0 Å². The fourth-order valence-electron chi connectivity index (χ4n) is 6.52. The maximum absolute atomic E-state index is 14.1. The Hall–Kier alpha value is -3.94. The number of oxime groups is 1. The predicted octanol–water partition coefficient (Wildman–Crippen LogP) is 7.56. The molecule has 4 rings (SSSR count). The van der Waals surface area contributed by atoms with Gasteiger partial charge in [0, 0.05) is 30.6 Å². The van der Waals surface area contributed by atoms with Crippen molar-refractivity contribution < 1.29 is 29.1 Å². The maximum Gasteiger partial charge on any atom is 0.331 e. The fraction of sp³-hybridized carbons (Fsp3) is 0.405. The minimum Gasteiger partial charge on any atom is -0.392 e. The van der Waals surface area contributed by atoms with Gasteiger partial charge in [-0.3, -0.25) is 9.59 Å². The third kappa shape index (κ3) is 6.04. The number of ketones is 2. The molecule has 0 fully saturated rings. The highest BCUT2D eigenvalue weighted by Gasteiger charge is 2.44. The lowest BCUT2D eigenvalue weighted by Crippen LogP contribution is -2.41. The normalized spacial score (nSPS) is 14.8. The summed E-state index contributed by atoms with van der Waals surface area (Å²) < 4.78 is 5.73. The summed E-state index contributed by atoms with van der Waals surface area (Å²) in [4.78, 5) is 44.3. The van der Waals surface area contributed by atoms with Crippen LogP contribution in [-0.4, -0.2) is 42.1 Å². The summed E-state index contributed by atoms with van der Waals surface area (Å²) in [5, 5.41) is 14.4. The van der Waals surface area contributed by atoms with Gasteiger partial charge in [-0.2, -0.15) is 0 Å². The Morgan fingerprint density at radius 2 is 1.45 bits per heavy atom. The van der Waals surface area contributed by atoms with Crippen LogP contribution in [0.1, 0.15) is 110 Å². The zero-order valence-corrected chi connectivity index (χ0v) is 26.4. The third-order valence-electron chi connectivity index (χ3n) is 9.08. The van der Waals surface area contributed by atoms with Crippen molar-refractivity contribution in [2.24, 2.45) is 5.16 Å². The second kappa shape index (κ2) is 14.2. The second-order valence-electron chi connectivity index (χ2n) is 11.5. The molecule has 1 N–H and O–H groups in total. The van der Waals surface area contributed by atoms with Crippen LogP contribution >= 0.6 is 0 Å². The largest absolute Gasteiger partial charge is 0.392 e. The van der Waals surface area contributed by atoms with E-state index in [0.717, 1.165) is 60.8 Å². The van der Waals surface area contributed by atoms with Gasteiger partial charge in [-0.05, 0) is 65.6 Å². The first kappa shape index (κ1) is 33.0. The first-order valence-corrected chi connectivity index (χ1v) is 15.6. The molecule has 1 aliphatic carbocycles. The van der Waals surface area contributed by atoms with Gasteiger partial charge in [0.25, 0.3) is 0 Å². The number of carbonyl (C=O) groups is 3. The Balaban J connectivity index is 1.81. The predicted molar refractivity (Wildman–Crippen MR) is 172 cm³/mol. The summed E-state index contributed by atoms with van der Waals surface area (Å²) >= 11 is 0. The van der Waals surface area contributed by atoms with Gasteiger partial charge in [-0.15, -0.1) is 0 Å². The fourth-order valence-corrected chi connectivity index (χ4v) is 6.52. The van der Waals surface area contributed by atoms with Crippen molar-refractivity contribution in [2.45, 2.75) is 83.7 Å². The standard InChI is InChI=1S/C37H43NO6/c1-6-9-10-14-17-33(38-44-25(4)40)34(41)26-18-20-31-29(22-26)30-23-27(19-21-32(30)36(31,7-2)8-3)35(42)37(24-39,43-5)28-15-12-11-13-16-28/h11-13,15-16,18-23,39H,6-10,14,17,24H2,1-5H3/b38-33+. The number of ether oxygens (including phenoxy) is 1. The number of hydrogen-bond acceptors (Lipinski definition) is 7. The molecule has 3 aromatic carbocycles. The van der Waals surface area contributed by atoms with E-state index in [1.165, 1.54) is 14.0 Å². The zero-order valence-electron chi connectivity index (χ0n) is 26.4. The minimum atomic E-state index is -1.55. The first-order valence-electron chi connectivity index (χ1n) is 15.6. The summed E-state index contributed by atoms with van der Waals surface area (Å²) in [6.45, 7) is 7.16. The van der Waals surface area contributed by atoms with E-state index in [-0.39, 0.29) is 22.7 Å². The number of aliphatic hydroxyl groups excluding tert-OH is 1. The molecule has 0 heterocycles. The van der Waals surface area contributed by atoms with Gasteiger partial charge in [-0.1, -0.05) is 99.8 Å². The van der Waals surface area contributed by atoms with Crippen LogP contribution in [0, 0.1) is 0 Å². The van der Waals surface area contributed by atoms with E-state index in [1.54, 1.807) is 12.1 Å². The highest BCUT2D eigenvalue weighted by molar-refractivity contribution is 6.46. The number of hydrogen-bond donors (Lipinski definition) is 1. The van der Waals surface area contributed by atoms with Crippen LogP contribution in [0.2, 0.25) is 0 Å². The molecule has 44 heavy (non-hydrogen) atoms. The Labute approximate surface area is 260 Å². The van der Waals surface area contributed by atoms with Gasteiger partial charge < -0.3 is 14.7 Å². The van der Waals surface area contributed by atoms with Gasteiger partial charge in [0.05, 0.1) is 6.61 Å². The van der Waals surface area contributed by atoms with Crippen molar-refractivity contribution in [3.05, 3.63) is 94.5 Å². The highest BCUT2D eigenvalue weighted by Crippen LogP contribution is 2.53. The third-order valence-corrected chi connectivity index (χ3v) is 9.08. The second-order valence-corrected chi connectivity index (χ2v) is 11.5. The topological polar surface area (TPSA) is 102 Å². The van der Waals surface area contributed by atoms with Crippen molar-refractivity contribution in [1.82, 2.24) is 0 Å². The maximum atomic E-state index is 14.1. The lowest BCUT2D eigenvalue weighted by molar-refractivity contribution is -0.140. The van der Waals surface area contributed by atoms with Crippen LogP contribution in [0.4, 0.5) is 0 Å². The van der Waals surface area contributed by atoms with Crippen LogP contribution in [-0.2, 0) is 25.4 Å². The number of Topliss-reactive ketones (excluding diaryl/α,β-unsaturated/α-hetero) is 2. The molecular weight excluding hydrogens is 554 g/mol. The molecule has 0 aromatic heterocycles. The summed E-state index contributed by atoms with van der Waals surface area (Å²) in [7, 11) is 1.43. The van der Waals surface area contributed by atoms with Crippen LogP contribution < -0.4 is 0 Å². The molecule has 0 amide bonds. The van der Waals surface area contributed by atoms with Crippen LogP contribution in [0.15, 0.2) is 71.9 Å². The van der Waals surface area contributed by atoms with Gasteiger partial charge in [-0.25, -0.2) is 4.79 Å². The zero-order chi connectivity index (χ0) is 31.9. The summed E-state index contributed by atoms with van der Waals surface area (Å²) in [5.41, 5.74) is 3.75. The molecule has 0 saturated heterocycles. The van der Waals surface area contributed by atoms with E-state index < -0.39 is 18.2 Å². The summed E-state index contributed by atoms with van der Waals surface area (Å²) in [6, 6.07) is 20.4. The molecule has 0 saturated carbocycles. The summed E-state index contributed by atoms with van der Waals surface area (Å²) in [6.07, 6.45) is 5.91. The molecule has 0 radical (unpaired) electrons. The smallest absolute Gasteiger partial charge is 0.331 e. The molecule has 7 heteroatoms. The molecule has 0 bridgehead atoms. The molecule has 1 aliphatic rings. The van der Waals surface area contributed by atoms with Gasteiger partial charge >= 0.3 is 5.97 Å². The Bertz CT molecular complexity index is 1530. The average Bonchev–Trinajstić information content (AvgIpc) is 3.34. The quantitative estimate of drug-likeness (QED) is 0.0638. The number of methoxy groups -OCH3 is 1. The Kier molecular flexibility index (Phi) is 10.7. The lowest BCUT2D eigenvalue weighted by atomic mass is 9.73. The molecule has 3 aromatic rings. The first-order chi connectivity index (χ1) is 21.2. The van der Waals surface area contributed by atoms with Gasteiger partial charge in [0.1, 0.15) is 5.71 Å². The Morgan fingerprint density at radius 3 is 2.00 bits per heavy atom. The SMILES string of the molecule is CCCCCC/C(=N\OC(C)=O)C(=O)c1ccc2c(c1)-c1cc(C(=O)C(CO)(OC)c3ccccc3)ccc1C2(CC)CC. The number of rotatable bonds is 15. The van der Waals surface area contributed by atoms with Crippen molar-refractivity contribution in [1.29, 1.82) is 0 Å². The molecule has 232 valence electrons. The number of aliphatic hydroxyl groups is 1. The van der Waals surface area contributed by atoms with Crippen molar-refractivity contribution in [3.8, 4) is 11.1 Å². The van der Waals surface area contributed by atoms with E-state index in [0.29, 0.717) is 23.1 Å². The number of unbranched alkanes of at least 4 members (excludes halogenated alkanes) is 3. The van der Waals surface area contributed by atoms with Crippen molar-refractivity contribution in [3.63, 3.8) is 0 Å². The van der Waals surface area contributed by atoms with E-state index in [2.05, 4.69) is 25.9 Å². The van der Waals surface area contributed by atoms with E-state index >= 15 is 0 Å². The van der Waals surface area contributed by atoms with Gasteiger partial charge in [0.15, 0.2) is 5.60 Å². The van der Waals surface area contributed by atoms with Crippen molar-refractivity contribution in [2.75, 3.05) is 13.7 Å². The van der Waals surface area contributed by atoms with E-state index in [1.807, 2.05) is 54.6 Å². The van der Waals surface area contributed by atoms with E-state index in [4.69, 9.17) is 9.57 Å². The number of fused-ring (bicyclic) bond motifs is 3. The number of benzene rings is 3. The van der Waals surface area contributed by atoms with Crippen molar-refractivity contribution >= 4 is 23.2 Å². The number of carbonyl (C=O) groups excluding carboxylic acids is 3. The Morgan fingerprint density at radius 1 is 0.841 bits per heavy atom. The number of nitrogens with zero attached hydrogens (tertiary/aromatic N) is 1. The average molecular weight is 598 g/mol. The van der Waals surface area contributed by atoms with E-state index in [9.17, 15) is 19.5 Å². The monoisotopic (exact) mass is 597 g/mol. The molecule has 7 nitrogen and oxygen atoms in total. The molecular formula is C37H43NO6.